The van der Waals surface area contributed by atoms with Gasteiger partial charge < -0.3 is 4.74 Å². The fourth-order valence-corrected chi connectivity index (χ4v) is 1.85. The van der Waals surface area contributed by atoms with Gasteiger partial charge in [0.15, 0.2) is 0 Å². The molecule has 0 saturated heterocycles. The number of hydrogen-bond acceptors (Lipinski definition) is 1. The van der Waals surface area contributed by atoms with Crippen molar-refractivity contribution in [1.82, 2.24) is 0 Å². The van der Waals surface area contributed by atoms with Crippen LogP contribution in [0.25, 0.3) is 0 Å². The highest BCUT2D eigenvalue weighted by atomic mass is 28.3. The molecule has 82 valence electrons. The molecule has 0 radical (unpaired) electrons. The van der Waals surface area contributed by atoms with Crippen molar-refractivity contribution in [1.29, 1.82) is 0 Å². The van der Waals surface area contributed by atoms with Crippen LogP contribution in [0.4, 0.5) is 0 Å². The maximum atomic E-state index is 7.85. The average Bonchev–Trinajstić information content (AvgIpc) is 2.24. The zero-order valence-corrected chi connectivity index (χ0v) is 10.8. The van der Waals surface area contributed by atoms with Crippen LogP contribution in [0.3, 0.4) is 0 Å². The zero-order chi connectivity index (χ0) is 12.0. The summed E-state index contributed by atoms with van der Waals surface area (Å²) in [5.74, 6) is 0. The van der Waals surface area contributed by atoms with E-state index in [2.05, 4.69) is 19.6 Å². The molecule has 0 fully saturated rings. The van der Waals surface area contributed by atoms with Gasteiger partial charge in [-0.3, -0.25) is 0 Å². The van der Waals surface area contributed by atoms with Gasteiger partial charge in [0.05, 0.1) is 22.7 Å². The summed E-state index contributed by atoms with van der Waals surface area (Å²) in [4.78, 5) is 0. The molecule has 1 rings (SSSR count). The van der Waals surface area contributed by atoms with Crippen LogP contribution in [0.5, 0.6) is 0 Å². The molecule has 0 aliphatic carbocycles. The van der Waals surface area contributed by atoms with Gasteiger partial charge in [-0.2, -0.15) is 0 Å². The molecule has 0 bridgehead atoms. The monoisotopic (exact) mass is 221 g/mol. The highest BCUT2D eigenvalue weighted by Crippen LogP contribution is 2.03. The highest BCUT2D eigenvalue weighted by molar-refractivity contribution is 6.80. The van der Waals surface area contributed by atoms with Gasteiger partial charge in [-0.25, -0.2) is 0 Å². The van der Waals surface area contributed by atoms with Crippen LogP contribution >= 0.6 is 0 Å². The molecule has 1 nitrogen and oxygen atoms in total. The van der Waals surface area contributed by atoms with Crippen molar-refractivity contribution in [2.45, 2.75) is 26.2 Å². The quantitative estimate of drug-likeness (QED) is 0.545. The van der Waals surface area contributed by atoms with E-state index < -0.39 is 8.07 Å². The Balaban J connectivity index is 2.32. The zero-order valence-electron chi connectivity index (χ0n) is 10.8. The van der Waals surface area contributed by atoms with Crippen LogP contribution in [-0.2, 0) is 11.3 Å². The Bertz CT molecular complexity index is 341. The summed E-state index contributed by atoms with van der Waals surface area (Å²) < 4.78 is 13.4. The van der Waals surface area contributed by atoms with Crippen molar-refractivity contribution in [3.8, 4) is 0 Å². The third kappa shape index (κ3) is 6.26. The van der Waals surface area contributed by atoms with Crippen LogP contribution in [-0.4, -0.2) is 14.7 Å². The standard InChI is InChI=1S/C13H20OSi/c1-15(2,3)11-7-10-14-12-13-8-5-4-6-9-13/h4-9,11H,10,12H2,1-3H3/b11-7+/i11D. The lowest BCUT2D eigenvalue weighted by molar-refractivity contribution is 0.149. The SMILES string of the molecule is [2H]/C(=C\COCc1ccccc1)[Si](C)(C)C. The molecule has 0 spiro atoms. The molecule has 0 saturated carbocycles. The molecule has 0 aliphatic rings. The summed E-state index contributed by atoms with van der Waals surface area (Å²) in [7, 11) is -1.44. The van der Waals surface area contributed by atoms with Crippen LogP contribution in [0, 0.1) is 0 Å². The van der Waals surface area contributed by atoms with Crippen molar-refractivity contribution in [2.24, 2.45) is 0 Å². The third-order valence-electron chi connectivity index (χ3n) is 1.85. The molecule has 0 aromatic heterocycles. The predicted molar refractivity (Wildman–Crippen MR) is 68.6 cm³/mol. The molecule has 0 aliphatic heterocycles. The molecular weight excluding hydrogens is 200 g/mol. The molecule has 0 atom stereocenters. The largest absolute Gasteiger partial charge is 0.373 e. The first-order valence-electron chi connectivity index (χ1n) is 5.79. The molecule has 0 unspecified atom stereocenters. The summed E-state index contributed by atoms with van der Waals surface area (Å²) in [6.07, 6.45) is 1.90. The number of hydrogen-bond donors (Lipinski definition) is 0. The van der Waals surface area contributed by atoms with Gasteiger partial charge >= 0.3 is 0 Å². The Labute approximate surface area is 95.2 Å². The summed E-state index contributed by atoms with van der Waals surface area (Å²) in [5.41, 5.74) is 1.94. The Morgan fingerprint density at radius 1 is 1.27 bits per heavy atom. The topological polar surface area (TPSA) is 9.23 Å². The van der Waals surface area contributed by atoms with Crippen molar-refractivity contribution in [2.75, 3.05) is 6.61 Å². The number of rotatable bonds is 5. The second-order valence-electron chi connectivity index (χ2n) is 4.60. The smallest absolute Gasteiger partial charge is 0.0721 e. The Morgan fingerprint density at radius 2 is 1.93 bits per heavy atom. The van der Waals surface area contributed by atoms with Gasteiger partial charge in [0, 0.05) is 0 Å². The molecule has 2 heteroatoms. The third-order valence-corrected chi connectivity index (χ3v) is 2.92. The van der Waals surface area contributed by atoms with Crippen molar-refractivity contribution in [3.63, 3.8) is 0 Å². The van der Waals surface area contributed by atoms with E-state index in [1.165, 1.54) is 5.56 Å². The second-order valence-corrected chi connectivity index (χ2v) is 9.39. The average molecular weight is 221 g/mol. The summed E-state index contributed by atoms with van der Waals surface area (Å²) >= 11 is 0. The van der Waals surface area contributed by atoms with Gasteiger partial charge in [0.2, 0.25) is 0 Å². The van der Waals surface area contributed by atoms with E-state index in [1.54, 1.807) is 0 Å². The van der Waals surface area contributed by atoms with Crippen LogP contribution < -0.4 is 0 Å². The summed E-state index contributed by atoms with van der Waals surface area (Å²) in [6.45, 7) is 7.67. The van der Waals surface area contributed by atoms with E-state index >= 15 is 0 Å². The van der Waals surface area contributed by atoms with Crippen molar-refractivity contribution >= 4 is 8.07 Å². The first kappa shape index (κ1) is 10.6. The Hall–Kier alpha value is -0.863. The fraction of sp³-hybridized carbons (Fsp3) is 0.385. The molecular formula is C13H20OSi. The fourth-order valence-electron chi connectivity index (χ4n) is 1.16. The van der Waals surface area contributed by atoms with Gasteiger partial charge in [0.25, 0.3) is 0 Å². The van der Waals surface area contributed by atoms with E-state index in [0.717, 1.165) is 5.68 Å². The molecule has 0 N–H and O–H groups in total. The molecule has 0 heterocycles. The lowest BCUT2D eigenvalue weighted by atomic mass is 10.2. The predicted octanol–water partition coefficient (Wildman–Crippen LogP) is 3.64. The maximum Gasteiger partial charge on any atom is 0.0721 e. The Kier molecular flexibility index (Phi) is 4.18. The molecule has 15 heavy (non-hydrogen) atoms. The lowest BCUT2D eigenvalue weighted by Crippen LogP contribution is -2.15. The van der Waals surface area contributed by atoms with Gasteiger partial charge in [0.1, 0.15) is 0 Å². The van der Waals surface area contributed by atoms with E-state index in [0.29, 0.717) is 13.2 Å². The number of benzene rings is 1. The minimum atomic E-state index is -1.44. The number of ether oxygens (including phenoxy) is 1. The molecule has 1 aromatic carbocycles. The summed E-state index contributed by atoms with van der Waals surface area (Å²) in [5, 5.41) is 0. The van der Waals surface area contributed by atoms with E-state index in [1.807, 2.05) is 36.4 Å². The van der Waals surface area contributed by atoms with Crippen molar-refractivity contribution < 1.29 is 6.11 Å². The normalized spacial score (nSPS) is 13.8. The summed E-state index contributed by atoms with van der Waals surface area (Å²) in [6, 6.07) is 10.1. The Morgan fingerprint density at radius 3 is 2.53 bits per heavy atom. The van der Waals surface area contributed by atoms with Crippen LogP contribution in [0.2, 0.25) is 19.6 Å². The first-order chi connectivity index (χ1) is 7.50. The second kappa shape index (κ2) is 5.88. The van der Waals surface area contributed by atoms with E-state index in [4.69, 9.17) is 6.11 Å². The van der Waals surface area contributed by atoms with Crippen LogP contribution in [0.15, 0.2) is 42.1 Å². The minimum absolute atomic E-state index is 0.540. The van der Waals surface area contributed by atoms with Crippen LogP contribution in [0.1, 0.15) is 6.93 Å². The van der Waals surface area contributed by atoms with Gasteiger partial charge in [-0.05, 0) is 5.56 Å². The van der Waals surface area contributed by atoms with Crippen molar-refractivity contribution in [3.05, 3.63) is 47.6 Å². The maximum absolute atomic E-state index is 7.85. The van der Waals surface area contributed by atoms with Gasteiger partial charge in [-0.1, -0.05) is 61.7 Å². The molecule has 0 amide bonds. The van der Waals surface area contributed by atoms with E-state index in [9.17, 15) is 0 Å². The van der Waals surface area contributed by atoms with E-state index in [-0.39, 0.29) is 0 Å². The minimum Gasteiger partial charge on any atom is -0.373 e. The molecule has 1 aromatic rings. The first-order valence-corrected chi connectivity index (χ1v) is 8.79. The van der Waals surface area contributed by atoms with Gasteiger partial charge in [-0.15, -0.1) is 0 Å². The lowest BCUT2D eigenvalue weighted by Gasteiger charge is -2.08. The highest BCUT2D eigenvalue weighted by Gasteiger charge is 2.05.